The number of amides is 2. The highest BCUT2D eigenvalue weighted by molar-refractivity contribution is 7.17. The second kappa shape index (κ2) is 6.91. The Morgan fingerprint density at radius 3 is 2.61 bits per heavy atom. The second-order valence-electron chi connectivity index (χ2n) is 5.57. The molecule has 2 heterocycles. The summed E-state index contributed by atoms with van der Waals surface area (Å²) in [4.78, 5) is 31.1. The number of nitrogens with zero attached hydrogens (tertiary/aromatic N) is 2. The minimum atomic E-state index is -0.227. The second-order valence-corrected chi connectivity index (χ2v) is 6.57. The van der Waals surface area contributed by atoms with Crippen molar-refractivity contribution in [1.29, 1.82) is 0 Å². The van der Waals surface area contributed by atoms with E-state index in [1.54, 1.807) is 4.90 Å². The fourth-order valence-electron chi connectivity index (χ4n) is 2.63. The minimum absolute atomic E-state index is 0.0127. The molecule has 3 rings (SSSR count). The Morgan fingerprint density at radius 2 is 1.91 bits per heavy atom. The van der Waals surface area contributed by atoms with E-state index < -0.39 is 0 Å². The summed E-state index contributed by atoms with van der Waals surface area (Å²) in [6, 6.07) is 9.77. The van der Waals surface area contributed by atoms with Crippen LogP contribution in [0.4, 0.5) is 0 Å². The zero-order valence-electron chi connectivity index (χ0n) is 13.0. The highest BCUT2D eigenvalue weighted by Gasteiger charge is 2.20. The number of aryl methyl sites for hydroxylation is 1. The van der Waals surface area contributed by atoms with Crippen molar-refractivity contribution in [2.75, 3.05) is 19.6 Å². The predicted molar refractivity (Wildman–Crippen MR) is 90.4 cm³/mol. The predicted octanol–water partition coefficient (Wildman–Crippen LogP) is 2.47. The maximum absolute atomic E-state index is 12.3. The summed E-state index contributed by atoms with van der Waals surface area (Å²) in [5, 5.41) is 3.54. The van der Waals surface area contributed by atoms with Crippen LogP contribution in [-0.4, -0.2) is 41.3 Å². The normalized spacial score (nSPS) is 14.0. The lowest BCUT2D eigenvalue weighted by atomic mass is 10.2. The molecule has 120 valence electrons. The zero-order chi connectivity index (χ0) is 16.2. The molecule has 0 spiro atoms. The van der Waals surface area contributed by atoms with E-state index in [0.29, 0.717) is 10.6 Å². The first-order valence-corrected chi connectivity index (χ1v) is 8.55. The van der Waals surface area contributed by atoms with Crippen LogP contribution in [0.25, 0.3) is 10.6 Å². The molecule has 0 saturated carbocycles. The van der Waals surface area contributed by atoms with Gasteiger partial charge in [-0.25, -0.2) is 4.98 Å². The van der Waals surface area contributed by atoms with Gasteiger partial charge in [-0.3, -0.25) is 9.59 Å². The molecular weight excluding hydrogens is 310 g/mol. The number of likely N-dealkylation sites (tertiary alicyclic amines) is 1. The highest BCUT2D eigenvalue weighted by atomic mass is 32.1. The molecule has 2 aromatic rings. The minimum Gasteiger partial charge on any atom is -0.342 e. The van der Waals surface area contributed by atoms with Crippen LogP contribution < -0.4 is 5.32 Å². The topological polar surface area (TPSA) is 62.3 Å². The molecule has 0 aliphatic carbocycles. The maximum atomic E-state index is 12.3. The largest absolute Gasteiger partial charge is 0.342 e. The van der Waals surface area contributed by atoms with Crippen molar-refractivity contribution < 1.29 is 9.59 Å². The van der Waals surface area contributed by atoms with E-state index in [9.17, 15) is 9.59 Å². The molecule has 1 N–H and O–H groups in total. The summed E-state index contributed by atoms with van der Waals surface area (Å²) in [6.07, 6.45) is 2.10. The zero-order valence-corrected chi connectivity index (χ0v) is 13.9. The Hall–Kier alpha value is -2.21. The van der Waals surface area contributed by atoms with Crippen LogP contribution >= 0.6 is 11.3 Å². The van der Waals surface area contributed by atoms with Gasteiger partial charge in [0.2, 0.25) is 5.91 Å². The van der Waals surface area contributed by atoms with E-state index in [2.05, 4.69) is 10.3 Å². The summed E-state index contributed by atoms with van der Waals surface area (Å²) >= 11 is 1.36. The Bertz CT molecular complexity index is 706. The standard InChI is InChI=1S/C17H19N3O2S/c1-12-15(23-17(19-12)13-7-3-2-4-8-13)16(22)18-11-14(21)20-9-5-6-10-20/h2-4,7-8H,5-6,9-11H2,1H3,(H,18,22). The molecule has 23 heavy (non-hydrogen) atoms. The number of thiazole rings is 1. The van der Waals surface area contributed by atoms with E-state index in [0.717, 1.165) is 36.5 Å². The molecule has 0 radical (unpaired) electrons. The van der Waals surface area contributed by atoms with Crippen molar-refractivity contribution in [2.45, 2.75) is 19.8 Å². The number of benzene rings is 1. The molecule has 0 atom stereocenters. The van der Waals surface area contributed by atoms with Crippen LogP contribution in [0.1, 0.15) is 28.2 Å². The van der Waals surface area contributed by atoms with Gasteiger partial charge in [0.1, 0.15) is 9.88 Å². The molecule has 1 aliphatic heterocycles. The van der Waals surface area contributed by atoms with E-state index in [1.165, 1.54) is 11.3 Å². The quantitative estimate of drug-likeness (QED) is 0.937. The van der Waals surface area contributed by atoms with Crippen LogP contribution in [0, 0.1) is 6.92 Å². The first kappa shape index (κ1) is 15.7. The van der Waals surface area contributed by atoms with Crippen LogP contribution in [0.5, 0.6) is 0 Å². The average molecular weight is 329 g/mol. The van der Waals surface area contributed by atoms with Gasteiger partial charge < -0.3 is 10.2 Å². The molecule has 0 unspecified atom stereocenters. The van der Waals surface area contributed by atoms with Gasteiger partial charge >= 0.3 is 0 Å². The third-order valence-corrected chi connectivity index (χ3v) is 5.09. The number of rotatable bonds is 4. The van der Waals surface area contributed by atoms with Crippen LogP contribution in [0.3, 0.4) is 0 Å². The number of hydrogen-bond donors (Lipinski definition) is 1. The number of hydrogen-bond acceptors (Lipinski definition) is 4. The summed E-state index contributed by atoms with van der Waals surface area (Å²) in [5.41, 5.74) is 1.69. The molecule has 1 aromatic heterocycles. The number of aromatic nitrogens is 1. The van der Waals surface area contributed by atoms with Crippen molar-refractivity contribution in [3.8, 4) is 10.6 Å². The van der Waals surface area contributed by atoms with Crippen molar-refractivity contribution in [2.24, 2.45) is 0 Å². The summed E-state index contributed by atoms with van der Waals surface area (Å²) in [5.74, 6) is -0.240. The van der Waals surface area contributed by atoms with Gasteiger partial charge in [-0.1, -0.05) is 30.3 Å². The first-order valence-electron chi connectivity index (χ1n) is 7.74. The smallest absolute Gasteiger partial charge is 0.263 e. The Balaban J connectivity index is 1.65. The van der Waals surface area contributed by atoms with Crippen molar-refractivity contribution in [1.82, 2.24) is 15.2 Å². The molecule has 0 bridgehead atoms. The molecule has 1 aromatic carbocycles. The van der Waals surface area contributed by atoms with Crippen molar-refractivity contribution in [3.05, 3.63) is 40.9 Å². The third kappa shape index (κ3) is 3.59. The summed E-state index contributed by atoms with van der Waals surface area (Å²) < 4.78 is 0. The van der Waals surface area contributed by atoms with Gasteiger partial charge in [-0.15, -0.1) is 11.3 Å². The van der Waals surface area contributed by atoms with E-state index in [-0.39, 0.29) is 18.4 Å². The number of nitrogens with one attached hydrogen (secondary N) is 1. The SMILES string of the molecule is Cc1nc(-c2ccccc2)sc1C(=O)NCC(=O)N1CCCC1. The number of carbonyl (C=O) groups is 2. The molecular formula is C17H19N3O2S. The van der Waals surface area contributed by atoms with E-state index in [4.69, 9.17) is 0 Å². The third-order valence-electron chi connectivity index (χ3n) is 3.88. The van der Waals surface area contributed by atoms with Gasteiger partial charge in [-0.2, -0.15) is 0 Å². The molecule has 2 amide bonds. The molecule has 1 aliphatic rings. The Kier molecular flexibility index (Phi) is 4.71. The Morgan fingerprint density at radius 1 is 1.22 bits per heavy atom. The Labute approximate surface area is 139 Å². The number of carbonyl (C=O) groups excluding carboxylic acids is 2. The van der Waals surface area contributed by atoms with Gasteiger partial charge in [0, 0.05) is 18.7 Å². The molecule has 1 saturated heterocycles. The molecule has 5 nitrogen and oxygen atoms in total. The average Bonchev–Trinajstić information content (AvgIpc) is 3.23. The fraction of sp³-hybridized carbons (Fsp3) is 0.353. The van der Waals surface area contributed by atoms with Gasteiger partial charge in [0.05, 0.1) is 12.2 Å². The van der Waals surface area contributed by atoms with E-state index >= 15 is 0 Å². The van der Waals surface area contributed by atoms with Crippen LogP contribution in [0.2, 0.25) is 0 Å². The van der Waals surface area contributed by atoms with Crippen LogP contribution in [-0.2, 0) is 4.79 Å². The van der Waals surface area contributed by atoms with Gasteiger partial charge in [0.15, 0.2) is 0 Å². The highest BCUT2D eigenvalue weighted by Crippen LogP contribution is 2.27. The lowest BCUT2D eigenvalue weighted by Crippen LogP contribution is -2.38. The van der Waals surface area contributed by atoms with Gasteiger partial charge in [-0.05, 0) is 19.8 Å². The van der Waals surface area contributed by atoms with Crippen LogP contribution in [0.15, 0.2) is 30.3 Å². The fourth-order valence-corrected chi connectivity index (χ4v) is 3.61. The van der Waals surface area contributed by atoms with Crippen molar-refractivity contribution >= 4 is 23.2 Å². The first-order chi connectivity index (χ1) is 11.1. The van der Waals surface area contributed by atoms with Crippen molar-refractivity contribution in [3.63, 3.8) is 0 Å². The molecule has 1 fully saturated rings. The summed E-state index contributed by atoms with van der Waals surface area (Å²) in [6.45, 7) is 3.47. The van der Waals surface area contributed by atoms with E-state index in [1.807, 2.05) is 37.3 Å². The lowest BCUT2D eigenvalue weighted by molar-refractivity contribution is -0.129. The lowest BCUT2D eigenvalue weighted by Gasteiger charge is -2.15. The summed E-state index contributed by atoms with van der Waals surface area (Å²) in [7, 11) is 0. The molecule has 6 heteroatoms. The monoisotopic (exact) mass is 329 g/mol. The van der Waals surface area contributed by atoms with Gasteiger partial charge in [0.25, 0.3) is 5.91 Å². The maximum Gasteiger partial charge on any atom is 0.263 e.